The highest BCUT2D eigenvalue weighted by Gasteiger charge is 2.14. The largest absolute Gasteiger partial charge is 0.495 e. The third-order valence-corrected chi connectivity index (χ3v) is 3.32. The molecule has 7 heteroatoms. The van der Waals surface area contributed by atoms with Gasteiger partial charge in [0.15, 0.2) is 0 Å². The quantitative estimate of drug-likeness (QED) is 0.620. The Hall–Kier alpha value is -2.25. The summed E-state index contributed by atoms with van der Waals surface area (Å²) in [6.07, 6.45) is 1.26. The number of carbonyl (C=O) groups is 1. The minimum absolute atomic E-state index is 0.241. The Morgan fingerprint density at radius 2 is 1.76 bits per heavy atom. The standard InChI is InChI=1S/C16H26N4O2.C2H7N/c1-7-16(21)18-12-10-13(17-2)15(22-6)11-14(12)20(5)9-8-19(3)4;1-3-2/h7,10-11,17H,1,8-9H2,2-6H3,(H,18,21);3H,1-2H3. The van der Waals surface area contributed by atoms with Crippen LogP contribution in [0, 0.1) is 0 Å². The van der Waals surface area contributed by atoms with E-state index in [9.17, 15) is 4.79 Å². The summed E-state index contributed by atoms with van der Waals surface area (Å²) in [5.41, 5.74) is 2.43. The normalized spacial score (nSPS) is 9.76. The summed E-state index contributed by atoms with van der Waals surface area (Å²) in [5.74, 6) is 0.486. The van der Waals surface area contributed by atoms with E-state index in [1.807, 2.05) is 54.4 Å². The Labute approximate surface area is 152 Å². The summed E-state index contributed by atoms with van der Waals surface area (Å²) in [5, 5.41) is 8.66. The first-order chi connectivity index (χ1) is 11.8. The van der Waals surface area contributed by atoms with E-state index in [-0.39, 0.29) is 5.91 Å². The molecule has 1 rings (SSSR count). The Morgan fingerprint density at radius 3 is 2.20 bits per heavy atom. The predicted molar refractivity (Wildman–Crippen MR) is 108 cm³/mol. The first-order valence-corrected chi connectivity index (χ1v) is 8.12. The van der Waals surface area contributed by atoms with Crippen LogP contribution in [-0.4, -0.2) is 73.3 Å². The van der Waals surface area contributed by atoms with Gasteiger partial charge in [-0.05, 0) is 40.3 Å². The summed E-state index contributed by atoms with van der Waals surface area (Å²) in [7, 11) is 13.2. The fraction of sp³-hybridized carbons (Fsp3) is 0.500. The van der Waals surface area contributed by atoms with Gasteiger partial charge >= 0.3 is 0 Å². The zero-order valence-electron chi connectivity index (χ0n) is 16.6. The third kappa shape index (κ3) is 7.91. The van der Waals surface area contributed by atoms with Crippen LogP contribution >= 0.6 is 0 Å². The number of ether oxygens (including phenoxy) is 1. The molecule has 3 N–H and O–H groups in total. The van der Waals surface area contributed by atoms with Gasteiger partial charge in [-0.15, -0.1) is 0 Å². The molecule has 142 valence electrons. The summed E-state index contributed by atoms with van der Waals surface area (Å²) >= 11 is 0. The van der Waals surface area contributed by atoms with Crippen LogP contribution in [0.1, 0.15) is 0 Å². The van der Waals surface area contributed by atoms with Gasteiger partial charge in [0.1, 0.15) is 5.75 Å². The van der Waals surface area contributed by atoms with E-state index in [1.54, 1.807) is 7.11 Å². The van der Waals surface area contributed by atoms with Crippen molar-refractivity contribution in [1.82, 2.24) is 10.2 Å². The van der Waals surface area contributed by atoms with Crippen molar-refractivity contribution in [3.05, 3.63) is 24.8 Å². The molecule has 0 saturated heterocycles. The summed E-state index contributed by atoms with van der Waals surface area (Å²) in [4.78, 5) is 15.9. The van der Waals surface area contributed by atoms with Gasteiger partial charge in [-0.3, -0.25) is 4.79 Å². The number of amides is 1. The number of hydrogen-bond acceptors (Lipinski definition) is 6. The fourth-order valence-corrected chi connectivity index (χ4v) is 2.00. The number of hydrogen-bond donors (Lipinski definition) is 3. The van der Waals surface area contributed by atoms with Crippen molar-refractivity contribution in [3.63, 3.8) is 0 Å². The Balaban J connectivity index is 0.00000178. The third-order valence-electron chi connectivity index (χ3n) is 3.32. The van der Waals surface area contributed by atoms with E-state index in [4.69, 9.17) is 4.74 Å². The zero-order valence-corrected chi connectivity index (χ0v) is 16.6. The molecule has 0 fully saturated rings. The lowest BCUT2D eigenvalue weighted by atomic mass is 10.2. The Morgan fingerprint density at radius 1 is 1.16 bits per heavy atom. The summed E-state index contributed by atoms with van der Waals surface area (Å²) < 4.78 is 5.41. The van der Waals surface area contributed by atoms with Gasteiger partial charge in [-0.1, -0.05) is 6.58 Å². The lowest BCUT2D eigenvalue weighted by Gasteiger charge is -2.25. The van der Waals surface area contributed by atoms with Crippen molar-refractivity contribution in [2.24, 2.45) is 0 Å². The number of anilines is 3. The molecule has 25 heavy (non-hydrogen) atoms. The molecule has 1 aromatic rings. The average molecular weight is 351 g/mol. The minimum atomic E-state index is -0.241. The topological polar surface area (TPSA) is 68.9 Å². The molecule has 0 aliphatic carbocycles. The molecule has 0 unspecified atom stereocenters. The van der Waals surface area contributed by atoms with E-state index in [0.29, 0.717) is 0 Å². The number of carbonyl (C=O) groups excluding carboxylic acids is 1. The number of nitrogens with one attached hydrogen (secondary N) is 3. The second-order valence-electron chi connectivity index (χ2n) is 5.74. The first kappa shape index (κ1) is 22.8. The molecule has 0 saturated carbocycles. The van der Waals surface area contributed by atoms with Gasteiger partial charge in [0.2, 0.25) is 5.91 Å². The molecule has 0 bridgehead atoms. The number of methoxy groups -OCH3 is 1. The van der Waals surface area contributed by atoms with Gasteiger partial charge in [0.05, 0.1) is 24.2 Å². The Bertz CT molecular complexity index is 547. The smallest absolute Gasteiger partial charge is 0.247 e. The maximum Gasteiger partial charge on any atom is 0.247 e. The van der Waals surface area contributed by atoms with E-state index >= 15 is 0 Å². The molecule has 0 aromatic heterocycles. The van der Waals surface area contributed by atoms with Crippen LogP contribution in [0.3, 0.4) is 0 Å². The van der Waals surface area contributed by atoms with Crippen LogP contribution in [0.2, 0.25) is 0 Å². The molecule has 0 aliphatic rings. The molecule has 0 atom stereocenters. The lowest BCUT2D eigenvalue weighted by Crippen LogP contribution is -2.29. The highest BCUT2D eigenvalue weighted by molar-refractivity contribution is 6.02. The second kappa shape index (κ2) is 12.2. The van der Waals surface area contributed by atoms with Crippen LogP contribution in [0.4, 0.5) is 17.1 Å². The Kier molecular flexibility index (Phi) is 11.1. The van der Waals surface area contributed by atoms with Gasteiger partial charge in [-0.2, -0.15) is 0 Å². The highest BCUT2D eigenvalue weighted by Crippen LogP contribution is 2.36. The minimum Gasteiger partial charge on any atom is -0.495 e. The zero-order chi connectivity index (χ0) is 19.4. The predicted octanol–water partition coefficient (Wildman–Crippen LogP) is 1.69. The van der Waals surface area contributed by atoms with Gasteiger partial charge in [-0.25, -0.2) is 0 Å². The number of likely N-dealkylation sites (N-methyl/N-ethyl adjacent to an activating group) is 2. The van der Waals surface area contributed by atoms with Crippen molar-refractivity contribution >= 4 is 23.0 Å². The van der Waals surface area contributed by atoms with E-state index in [2.05, 4.69) is 32.3 Å². The summed E-state index contributed by atoms with van der Waals surface area (Å²) in [6, 6.07) is 3.78. The van der Waals surface area contributed by atoms with Crippen LogP contribution in [0.25, 0.3) is 0 Å². The van der Waals surface area contributed by atoms with Crippen molar-refractivity contribution in [2.45, 2.75) is 0 Å². The number of benzene rings is 1. The van der Waals surface area contributed by atoms with Crippen molar-refractivity contribution in [1.29, 1.82) is 0 Å². The lowest BCUT2D eigenvalue weighted by molar-refractivity contribution is -0.111. The van der Waals surface area contributed by atoms with Gasteiger partial charge < -0.3 is 30.5 Å². The molecule has 1 aromatic carbocycles. The average Bonchev–Trinajstić information content (AvgIpc) is 2.59. The number of rotatable bonds is 8. The second-order valence-corrected chi connectivity index (χ2v) is 5.74. The molecular formula is C18H33N5O2. The molecule has 0 heterocycles. The maximum atomic E-state index is 11.7. The van der Waals surface area contributed by atoms with Crippen LogP contribution in [0.5, 0.6) is 5.75 Å². The molecule has 0 spiro atoms. The van der Waals surface area contributed by atoms with E-state index in [1.165, 1.54) is 6.08 Å². The SMILES string of the molecule is C=CC(=O)Nc1cc(NC)c(OC)cc1N(C)CCN(C)C.CNC. The van der Waals surface area contributed by atoms with Crippen LogP contribution < -0.4 is 25.6 Å². The van der Waals surface area contributed by atoms with E-state index < -0.39 is 0 Å². The van der Waals surface area contributed by atoms with Crippen molar-refractivity contribution in [2.75, 3.05) is 78.0 Å². The molecule has 0 radical (unpaired) electrons. The van der Waals surface area contributed by atoms with Crippen molar-refractivity contribution < 1.29 is 9.53 Å². The molecule has 1 amide bonds. The monoisotopic (exact) mass is 351 g/mol. The van der Waals surface area contributed by atoms with Gasteiger partial charge in [0.25, 0.3) is 0 Å². The van der Waals surface area contributed by atoms with E-state index in [0.717, 1.165) is 35.9 Å². The molecule has 0 aliphatic heterocycles. The van der Waals surface area contributed by atoms with Crippen LogP contribution in [-0.2, 0) is 4.79 Å². The fourth-order valence-electron chi connectivity index (χ4n) is 2.00. The first-order valence-electron chi connectivity index (χ1n) is 8.12. The molecular weight excluding hydrogens is 318 g/mol. The van der Waals surface area contributed by atoms with Gasteiger partial charge in [0, 0.05) is 33.3 Å². The summed E-state index contributed by atoms with van der Waals surface area (Å²) in [6.45, 7) is 5.22. The highest BCUT2D eigenvalue weighted by atomic mass is 16.5. The molecule has 7 nitrogen and oxygen atoms in total. The van der Waals surface area contributed by atoms with Crippen molar-refractivity contribution in [3.8, 4) is 5.75 Å². The maximum absolute atomic E-state index is 11.7. The van der Waals surface area contributed by atoms with Crippen LogP contribution in [0.15, 0.2) is 24.8 Å². The number of nitrogens with zero attached hydrogens (tertiary/aromatic N) is 2.